The third-order valence-electron chi connectivity index (χ3n) is 4.39. The number of carbonyl (C=O) groups excluding carboxylic acids is 1. The molecular formula is C22H29ClN2O3S. The predicted molar refractivity (Wildman–Crippen MR) is 119 cm³/mol. The van der Waals surface area contributed by atoms with E-state index in [0.717, 1.165) is 6.42 Å². The number of anilines is 1. The predicted octanol–water partition coefficient (Wildman–Crippen LogP) is 5.11. The Hall–Kier alpha value is -2.05. The van der Waals surface area contributed by atoms with Gasteiger partial charge in [-0.25, -0.2) is 8.42 Å². The summed E-state index contributed by atoms with van der Waals surface area (Å²) in [6, 6.07) is 12.5. The van der Waals surface area contributed by atoms with Gasteiger partial charge in [-0.2, -0.15) is 0 Å². The van der Waals surface area contributed by atoms with Crippen molar-refractivity contribution >= 4 is 33.2 Å². The summed E-state index contributed by atoms with van der Waals surface area (Å²) in [7, 11) is -2.24. The van der Waals surface area contributed by atoms with Gasteiger partial charge in [-0.15, -0.1) is 0 Å². The fraction of sp³-hybridized carbons (Fsp3) is 0.409. The number of amides is 1. The second-order valence-electron chi connectivity index (χ2n) is 9.05. The number of halogens is 1. The zero-order valence-corrected chi connectivity index (χ0v) is 19.4. The molecule has 2 aromatic rings. The molecule has 7 heteroatoms. The maximum absolute atomic E-state index is 12.8. The van der Waals surface area contributed by atoms with E-state index in [1.807, 2.05) is 13.8 Å². The van der Waals surface area contributed by atoms with Crippen LogP contribution in [0.5, 0.6) is 0 Å². The Bertz CT molecular complexity index is 961. The largest absolute Gasteiger partial charge is 0.347 e. The molecule has 5 nitrogen and oxygen atoms in total. The van der Waals surface area contributed by atoms with Crippen molar-refractivity contribution in [3.63, 3.8) is 0 Å². The molecule has 158 valence electrons. The summed E-state index contributed by atoms with van der Waals surface area (Å²) >= 11 is 5.84. The highest BCUT2D eigenvalue weighted by atomic mass is 35.5. The molecule has 0 spiro atoms. The molecule has 0 saturated carbocycles. The molecule has 0 aliphatic heterocycles. The van der Waals surface area contributed by atoms with E-state index in [1.54, 1.807) is 24.3 Å². The number of hydrogen-bond donors (Lipinski definition) is 1. The second-order valence-corrected chi connectivity index (χ2v) is 11.5. The van der Waals surface area contributed by atoms with Crippen LogP contribution >= 0.6 is 11.6 Å². The van der Waals surface area contributed by atoms with Crippen LogP contribution < -0.4 is 9.62 Å². The Balaban J connectivity index is 2.17. The van der Waals surface area contributed by atoms with Crippen molar-refractivity contribution in [1.29, 1.82) is 0 Å². The molecule has 1 N–H and O–H groups in total. The van der Waals surface area contributed by atoms with E-state index in [-0.39, 0.29) is 21.8 Å². The Morgan fingerprint density at radius 3 is 1.97 bits per heavy atom. The minimum atomic E-state index is -3.72. The molecule has 0 aliphatic carbocycles. The Morgan fingerprint density at radius 1 is 0.966 bits per heavy atom. The first-order valence-corrected chi connectivity index (χ1v) is 11.2. The van der Waals surface area contributed by atoms with Crippen LogP contribution in [0.25, 0.3) is 0 Å². The Labute approximate surface area is 179 Å². The van der Waals surface area contributed by atoms with Crippen molar-refractivity contribution in [1.82, 2.24) is 5.32 Å². The molecule has 0 saturated heterocycles. The molecule has 2 rings (SSSR count). The lowest BCUT2D eigenvalue weighted by atomic mass is 9.81. The summed E-state index contributed by atoms with van der Waals surface area (Å²) in [6.45, 7) is 10.4. The normalized spacial score (nSPS) is 12.5. The molecule has 0 radical (unpaired) electrons. The molecule has 0 unspecified atom stereocenters. The monoisotopic (exact) mass is 436 g/mol. The Morgan fingerprint density at radius 2 is 1.48 bits per heavy atom. The first kappa shape index (κ1) is 23.2. The van der Waals surface area contributed by atoms with Gasteiger partial charge in [0.25, 0.3) is 15.9 Å². The Kier molecular flexibility index (Phi) is 6.70. The maximum Gasteiger partial charge on any atom is 0.264 e. The summed E-state index contributed by atoms with van der Waals surface area (Å²) in [5.74, 6) is -0.186. The van der Waals surface area contributed by atoms with Gasteiger partial charge in [0, 0.05) is 23.2 Å². The highest BCUT2D eigenvalue weighted by Gasteiger charge is 2.27. The fourth-order valence-electron chi connectivity index (χ4n) is 3.48. The van der Waals surface area contributed by atoms with Crippen LogP contribution in [0, 0.1) is 5.41 Å². The van der Waals surface area contributed by atoms with Gasteiger partial charge in [-0.1, -0.05) is 32.4 Å². The smallest absolute Gasteiger partial charge is 0.264 e. The highest BCUT2D eigenvalue weighted by molar-refractivity contribution is 7.92. The van der Waals surface area contributed by atoms with Gasteiger partial charge < -0.3 is 5.32 Å². The molecule has 0 aliphatic rings. The van der Waals surface area contributed by atoms with Crippen molar-refractivity contribution in [2.24, 2.45) is 5.41 Å². The van der Waals surface area contributed by atoms with Gasteiger partial charge in [0.2, 0.25) is 0 Å². The summed E-state index contributed by atoms with van der Waals surface area (Å²) in [6.07, 6.45) is 0.825. The lowest BCUT2D eigenvalue weighted by molar-refractivity contribution is 0.0891. The van der Waals surface area contributed by atoms with Crippen molar-refractivity contribution in [3.8, 4) is 0 Å². The third kappa shape index (κ3) is 6.21. The molecular weight excluding hydrogens is 408 g/mol. The lowest BCUT2D eigenvalue weighted by Crippen LogP contribution is -2.45. The number of carbonyl (C=O) groups is 1. The van der Waals surface area contributed by atoms with Gasteiger partial charge in [0.1, 0.15) is 0 Å². The average Bonchev–Trinajstić information content (AvgIpc) is 2.59. The van der Waals surface area contributed by atoms with Gasteiger partial charge in [0.15, 0.2) is 0 Å². The minimum Gasteiger partial charge on any atom is -0.347 e. The average molecular weight is 437 g/mol. The zero-order chi connectivity index (χ0) is 22.0. The highest BCUT2D eigenvalue weighted by Crippen LogP contribution is 2.27. The molecule has 0 aromatic heterocycles. The number of rotatable bonds is 6. The topological polar surface area (TPSA) is 66.5 Å². The van der Waals surface area contributed by atoms with Gasteiger partial charge in [-0.3, -0.25) is 9.10 Å². The van der Waals surface area contributed by atoms with E-state index >= 15 is 0 Å². The standard InChI is InChI=1S/C22H29ClN2O3S/c1-21(2,3)15-22(4,5)24-20(26)16-7-11-18(12-8-16)25(6)29(27,28)19-13-9-17(23)10-14-19/h7-14H,15H2,1-6H3,(H,24,26). The van der Waals surface area contributed by atoms with Crippen molar-refractivity contribution < 1.29 is 13.2 Å². The summed E-state index contributed by atoms with van der Waals surface area (Å²) in [5.41, 5.74) is 0.667. The van der Waals surface area contributed by atoms with Gasteiger partial charge >= 0.3 is 0 Å². The van der Waals surface area contributed by atoms with Crippen LogP contribution in [0.1, 0.15) is 51.4 Å². The number of nitrogens with zero attached hydrogens (tertiary/aromatic N) is 1. The van der Waals surface area contributed by atoms with Crippen molar-refractivity contribution in [2.75, 3.05) is 11.4 Å². The summed E-state index contributed by atoms with van der Waals surface area (Å²) in [4.78, 5) is 12.8. The van der Waals surface area contributed by atoms with Crippen LogP contribution in [0.15, 0.2) is 53.4 Å². The molecule has 0 heterocycles. The number of sulfonamides is 1. The van der Waals surface area contributed by atoms with Crippen molar-refractivity contribution in [2.45, 2.75) is 51.5 Å². The summed E-state index contributed by atoms with van der Waals surface area (Å²) in [5, 5.41) is 3.52. The number of benzene rings is 2. The van der Waals surface area contributed by atoms with Crippen LogP contribution in [-0.2, 0) is 10.0 Å². The minimum absolute atomic E-state index is 0.0827. The summed E-state index contributed by atoms with van der Waals surface area (Å²) < 4.78 is 26.8. The fourth-order valence-corrected chi connectivity index (χ4v) is 4.80. The molecule has 1 amide bonds. The second kappa shape index (κ2) is 8.36. The van der Waals surface area contributed by atoms with Crippen LogP contribution in [-0.4, -0.2) is 26.9 Å². The van der Waals surface area contributed by atoms with Gasteiger partial charge in [-0.05, 0) is 74.2 Å². The third-order valence-corrected chi connectivity index (χ3v) is 6.44. The van der Waals surface area contributed by atoms with Crippen LogP contribution in [0.2, 0.25) is 5.02 Å². The van der Waals surface area contributed by atoms with E-state index < -0.39 is 10.0 Å². The molecule has 0 bridgehead atoms. The zero-order valence-electron chi connectivity index (χ0n) is 17.8. The molecule has 29 heavy (non-hydrogen) atoms. The SMILES string of the molecule is CN(c1ccc(C(=O)NC(C)(C)CC(C)(C)C)cc1)S(=O)(=O)c1ccc(Cl)cc1. The van der Waals surface area contributed by atoms with Crippen LogP contribution in [0.3, 0.4) is 0 Å². The van der Waals surface area contributed by atoms with E-state index in [4.69, 9.17) is 11.6 Å². The van der Waals surface area contributed by atoms with Gasteiger partial charge in [0.05, 0.1) is 10.6 Å². The van der Waals surface area contributed by atoms with E-state index in [1.165, 1.54) is 35.6 Å². The first-order chi connectivity index (χ1) is 13.2. The number of nitrogens with one attached hydrogen (secondary N) is 1. The van der Waals surface area contributed by atoms with Crippen molar-refractivity contribution in [3.05, 3.63) is 59.1 Å². The first-order valence-electron chi connectivity index (χ1n) is 9.38. The maximum atomic E-state index is 12.8. The number of hydrogen-bond acceptors (Lipinski definition) is 3. The molecule has 0 atom stereocenters. The van der Waals surface area contributed by atoms with E-state index in [9.17, 15) is 13.2 Å². The molecule has 2 aromatic carbocycles. The lowest BCUT2D eigenvalue weighted by Gasteiger charge is -2.33. The quantitative estimate of drug-likeness (QED) is 0.684. The van der Waals surface area contributed by atoms with E-state index in [0.29, 0.717) is 16.3 Å². The van der Waals surface area contributed by atoms with E-state index in [2.05, 4.69) is 26.1 Å². The molecule has 0 fully saturated rings. The van der Waals surface area contributed by atoms with Crippen LogP contribution in [0.4, 0.5) is 5.69 Å².